The van der Waals surface area contributed by atoms with Crippen molar-refractivity contribution in [2.45, 2.75) is 40.2 Å². The molecule has 1 aromatic carbocycles. The molecule has 0 aliphatic rings. The summed E-state index contributed by atoms with van der Waals surface area (Å²) in [4.78, 5) is 4.65. The fourth-order valence-corrected chi connectivity index (χ4v) is 2.53. The summed E-state index contributed by atoms with van der Waals surface area (Å²) in [5.74, 6) is 4.88. The van der Waals surface area contributed by atoms with E-state index in [-0.39, 0.29) is 0 Å². The maximum Gasteiger partial charge on any atom is 0.132 e. The molecular formula is C18H23N3. The molecule has 1 heterocycles. The SMILES string of the molecule is C#CCn1c(CC)nc(-c2ccc(CC(C)C)cc2)c1N. The van der Waals surface area contributed by atoms with Crippen LogP contribution in [0.25, 0.3) is 11.3 Å². The Morgan fingerprint density at radius 2 is 1.95 bits per heavy atom. The van der Waals surface area contributed by atoms with Gasteiger partial charge in [0.15, 0.2) is 0 Å². The fourth-order valence-electron chi connectivity index (χ4n) is 2.53. The average Bonchev–Trinajstić information content (AvgIpc) is 2.77. The van der Waals surface area contributed by atoms with Crippen molar-refractivity contribution in [3.63, 3.8) is 0 Å². The van der Waals surface area contributed by atoms with Crippen LogP contribution in [0.3, 0.4) is 0 Å². The second-order valence-corrected chi connectivity index (χ2v) is 5.70. The highest BCUT2D eigenvalue weighted by molar-refractivity contribution is 5.71. The average molecular weight is 281 g/mol. The van der Waals surface area contributed by atoms with Crippen LogP contribution in [0.15, 0.2) is 24.3 Å². The van der Waals surface area contributed by atoms with Crippen LogP contribution in [0.1, 0.15) is 32.2 Å². The van der Waals surface area contributed by atoms with Gasteiger partial charge in [0, 0.05) is 12.0 Å². The van der Waals surface area contributed by atoms with Crippen LogP contribution in [0.2, 0.25) is 0 Å². The van der Waals surface area contributed by atoms with E-state index in [1.807, 2.05) is 4.57 Å². The number of terminal acetylenes is 1. The maximum absolute atomic E-state index is 6.22. The number of benzene rings is 1. The van der Waals surface area contributed by atoms with Crippen molar-refractivity contribution in [3.05, 3.63) is 35.7 Å². The third-order valence-corrected chi connectivity index (χ3v) is 3.52. The first-order valence-corrected chi connectivity index (χ1v) is 7.44. The number of hydrogen-bond donors (Lipinski definition) is 1. The standard InChI is InChI=1S/C18H23N3/c1-5-11-21-16(6-2)20-17(18(21)19)15-9-7-14(8-10-15)12-13(3)4/h1,7-10,13H,6,11-12,19H2,2-4H3. The van der Waals surface area contributed by atoms with Gasteiger partial charge < -0.3 is 10.3 Å². The highest BCUT2D eigenvalue weighted by Gasteiger charge is 2.14. The Balaban J connectivity index is 2.36. The fraction of sp³-hybridized carbons (Fsp3) is 0.389. The number of aromatic nitrogens is 2. The van der Waals surface area contributed by atoms with Crippen LogP contribution >= 0.6 is 0 Å². The zero-order valence-corrected chi connectivity index (χ0v) is 13.1. The molecular weight excluding hydrogens is 258 g/mol. The zero-order valence-electron chi connectivity index (χ0n) is 13.1. The van der Waals surface area contributed by atoms with E-state index < -0.39 is 0 Å². The molecule has 0 saturated carbocycles. The molecule has 0 aliphatic carbocycles. The van der Waals surface area contributed by atoms with Gasteiger partial charge in [-0.05, 0) is 17.9 Å². The molecule has 3 nitrogen and oxygen atoms in total. The van der Waals surface area contributed by atoms with Crippen molar-refractivity contribution in [2.24, 2.45) is 5.92 Å². The third-order valence-electron chi connectivity index (χ3n) is 3.52. The second-order valence-electron chi connectivity index (χ2n) is 5.70. The first-order chi connectivity index (χ1) is 10.1. The van der Waals surface area contributed by atoms with Gasteiger partial charge in [-0.1, -0.05) is 51.0 Å². The van der Waals surface area contributed by atoms with Gasteiger partial charge in [0.05, 0.1) is 6.54 Å². The lowest BCUT2D eigenvalue weighted by Gasteiger charge is -2.06. The van der Waals surface area contributed by atoms with Gasteiger partial charge in [-0.3, -0.25) is 0 Å². The Hall–Kier alpha value is -2.21. The van der Waals surface area contributed by atoms with Crippen LogP contribution in [0.5, 0.6) is 0 Å². The highest BCUT2D eigenvalue weighted by atomic mass is 15.1. The van der Waals surface area contributed by atoms with E-state index in [1.165, 1.54) is 5.56 Å². The molecule has 2 aromatic rings. The van der Waals surface area contributed by atoms with Gasteiger partial charge in [0.25, 0.3) is 0 Å². The Morgan fingerprint density at radius 1 is 1.29 bits per heavy atom. The summed E-state index contributed by atoms with van der Waals surface area (Å²) in [6.07, 6.45) is 7.31. The molecule has 0 amide bonds. The molecule has 0 bridgehead atoms. The van der Waals surface area contributed by atoms with Gasteiger partial charge in [0.2, 0.25) is 0 Å². The van der Waals surface area contributed by atoms with Gasteiger partial charge in [-0.25, -0.2) is 4.98 Å². The lowest BCUT2D eigenvalue weighted by molar-refractivity contribution is 0.647. The summed E-state index contributed by atoms with van der Waals surface area (Å²) >= 11 is 0. The molecule has 2 N–H and O–H groups in total. The van der Waals surface area contributed by atoms with Gasteiger partial charge in [0.1, 0.15) is 17.3 Å². The van der Waals surface area contributed by atoms with E-state index in [1.54, 1.807) is 0 Å². The summed E-state index contributed by atoms with van der Waals surface area (Å²) in [6.45, 7) is 6.97. The van der Waals surface area contributed by atoms with Crippen molar-refractivity contribution in [3.8, 4) is 23.6 Å². The molecule has 0 saturated heterocycles. The van der Waals surface area contributed by atoms with Crippen LogP contribution in [-0.2, 0) is 19.4 Å². The Labute approximate surface area is 127 Å². The lowest BCUT2D eigenvalue weighted by Crippen LogP contribution is -2.05. The number of aryl methyl sites for hydroxylation is 1. The van der Waals surface area contributed by atoms with Crippen LogP contribution in [0.4, 0.5) is 5.82 Å². The Morgan fingerprint density at radius 3 is 2.48 bits per heavy atom. The largest absolute Gasteiger partial charge is 0.383 e. The van der Waals surface area contributed by atoms with E-state index >= 15 is 0 Å². The summed E-state index contributed by atoms with van der Waals surface area (Å²) in [5, 5.41) is 0. The monoisotopic (exact) mass is 281 g/mol. The van der Waals surface area contributed by atoms with Crippen molar-refractivity contribution in [2.75, 3.05) is 5.73 Å². The van der Waals surface area contributed by atoms with Gasteiger partial charge in [-0.15, -0.1) is 6.42 Å². The van der Waals surface area contributed by atoms with Crippen LogP contribution < -0.4 is 5.73 Å². The second kappa shape index (κ2) is 6.49. The number of hydrogen-bond acceptors (Lipinski definition) is 2. The summed E-state index contributed by atoms with van der Waals surface area (Å²) in [5.41, 5.74) is 9.44. The van der Waals surface area contributed by atoms with Crippen molar-refractivity contribution in [1.29, 1.82) is 0 Å². The number of nitrogens with two attached hydrogens (primary N) is 1. The van der Waals surface area contributed by atoms with E-state index in [2.05, 4.69) is 55.9 Å². The van der Waals surface area contributed by atoms with E-state index in [0.717, 1.165) is 29.9 Å². The van der Waals surface area contributed by atoms with Crippen LogP contribution in [0, 0.1) is 18.3 Å². The Kier molecular flexibility index (Phi) is 4.70. The molecule has 3 heteroatoms. The summed E-state index contributed by atoms with van der Waals surface area (Å²) in [7, 11) is 0. The third kappa shape index (κ3) is 3.28. The molecule has 0 radical (unpaired) electrons. The maximum atomic E-state index is 6.22. The van der Waals surface area contributed by atoms with Crippen molar-refractivity contribution < 1.29 is 0 Å². The molecule has 0 fully saturated rings. The predicted molar refractivity (Wildman–Crippen MR) is 88.8 cm³/mol. The first-order valence-electron chi connectivity index (χ1n) is 7.44. The highest BCUT2D eigenvalue weighted by Crippen LogP contribution is 2.27. The van der Waals surface area contributed by atoms with E-state index in [4.69, 9.17) is 12.2 Å². The smallest absolute Gasteiger partial charge is 0.132 e. The first kappa shape index (κ1) is 15.2. The van der Waals surface area contributed by atoms with Gasteiger partial charge in [-0.2, -0.15) is 0 Å². The molecule has 0 atom stereocenters. The minimum atomic E-state index is 0.466. The van der Waals surface area contributed by atoms with Crippen molar-refractivity contribution >= 4 is 5.82 Å². The normalized spacial score (nSPS) is 10.8. The molecule has 0 unspecified atom stereocenters. The number of nitrogens with zero attached hydrogens (tertiary/aromatic N) is 2. The summed E-state index contributed by atoms with van der Waals surface area (Å²) in [6, 6.07) is 8.49. The van der Waals surface area contributed by atoms with Crippen molar-refractivity contribution in [1.82, 2.24) is 9.55 Å². The number of anilines is 1. The van der Waals surface area contributed by atoms with E-state index in [0.29, 0.717) is 18.3 Å². The van der Waals surface area contributed by atoms with Gasteiger partial charge >= 0.3 is 0 Å². The molecule has 0 spiro atoms. The number of rotatable bonds is 5. The molecule has 1 aromatic heterocycles. The zero-order chi connectivity index (χ0) is 15.4. The minimum absolute atomic E-state index is 0.466. The molecule has 110 valence electrons. The number of nitrogen functional groups attached to an aromatic ring is 1. The lowest BCUT2D eigenvalue weighted by atomic mass is 10.0. The minimum Gasteiger partial charge on any atom is -0.383 e. The quantitative estimate of drug-likeness (QED) is 0.852. The predicted octanol–water partition coefficient (Wildman–Crippen LogP) is 3.53. The molecule has 0 aliphatic heterocycles. The van der Waals surface area contributed by atoms with E-state index in [9.17, 15) is 0 Å². The topological polar surface area (TPSA) is 43.8 Å². The summed E-state index contributed by atoms with van der Waals surface area (Å²) < 4.78 is 1.91. The molecule has 21 heavy (non-hydrogen) atoms. The van der Waals surface area contributed by atoms with Crippen LogP contribution in [-0.4, -0.2) is 9.55 Å². The number of imidazole rings is 1. The Bertz CT molecular complexity index is 642. The molecule has 2 rings (SSSR count).